The highest BCUT2D eigenvalue weighted by atomic mass is 32.2. The molecule has 0 radical (unpaired) electrons. The van der Waals surface area contributed by atoms with E-state index in [0.717, 1.165) is 6.42 Å². The molecule has 9 heteroatoms. The van der Waals surface area contributed by atoms with Crippen LogP contribution in [0.5, 0.6) is 0 Å². The Morgan fingerprint density at radius 1 is 1.46 bits per heavy atom. The highest BCUT2D eigenvalue weighted by Gasteiger charge is 2.37. The van der Waals surface area contributed by atoms with Gasteiger partial charge in [-0.2, -0.15) is 9.40 Å². The lowest BCUT2D eigenvalue weighted by atomic mass is 10.1. The van der Waals surface area contributed by atoms with Gasteiger partial charge in [-0.1, -0.05) is 6.07 Å². The fourth-order valence-electron chi connectivity index (χ4n) is 2.84. The minimum atomic E-state index is -3.60. The second kappa shape index (κ2) is 6.70. The molecule has 3 rings (SSSR count). The molecule has 2 aromatic rings. The number of hydrogen-bond donors (Lipinski definition) is 2. The lowest BCUT2D eigenvalue weighted by Gasteiger charge is -2.23. The SMILES string of the molecule is CC(=O)NCc1cccc([C@H]2CCCN2S(=O)(=O)c2cn[nH]c2)n1. The van der Waals surface area contributed by atoms with E-state index in [-0.39, 0.29) is 16.8 Å². The van der Waals surface area contributed by atoms with Crippen LogP contribution in [0.3, 0.4) is 0 Å². The maximum Gasteiger partial charge on any atom is 0.246 e. The van der Waals surface area contributed by atoms with Gasteiger partial charge in [0.05, 0.1) is 30.2 Å². The molecule has 0 aromatic carbocycles. The number of pyridine rings is 1. The largest absolute Gasteiger partial charge is 0.351 e. The summed E-state index contributed by atoms with van der Waals surface area (Å²) in [5, 5.41) is 8.96. The third-order valence-electron chi connectivity index (χ3n) is 3.97. The van der Waals surface area contributed by atoms with E-state index in [4.69, 9.17) is 0 Å². The highest BCUT2D eigenvalue weighted by molar-refractivity contribution is 7.89. The Balaban J connectivity index is 1.86. The van der Waals surface area contributed by atoms with Gasteiger partial charge in [0.15, 0.2) is 0 Å². The third-order valence-corrected chi connectivity index (χ3v) is 5.85. The first-order valence-corrected chi connectivity index (χ1v) is 9.13. The topological polar surface area (TPSA) is 108 Å². The molecule has 128 valence electrons. The normalized spacial score (nSPS) is 18.6. The zero-order valence-electron chi connectivity index (χ0n) is 13.3. The predicted molar refractivity (Wildman–Crippen MR) is 86.2 cm³/mol. The smallest absolute Gasteiger partial charge is 0.246 e. The number of carbonyl (C=O) groups excluding carboxylic acids is 1. The molecule has 3 heterocycles. The van der Waals surface area contributed by atoms with Gasteiger partial charge in [0.2, 0.25) is 15.9 Å². The highest BCUT2D eigenvalue weighted by Crippen LogP contribution is 2.35. The van der Waals surface area contributed by atoms with Gasteiger partial charge in [-0.15, -0.1) is 0 Å². The van der Waals surface area contributed by atoms with Crippen molar-refractivity contribution in [2.45, 2.75) is 37.2 Å². The molecule has 1 atom stereocenters. The third kappa shape index (κ3) is 3.31. The first-order chi connectivity index (χ1) is 11.5. The van der Waals surface area contributed by atoms with Crippen LogP contribution in [0.15, 0.2) is 35.5 Å². The molecular weight excluding hydrogens is 330 g/mol. The van der Waals surface area contributed by atoms with E-state index in [1.54, 1.807) is 0 Å². The number of rotatable bonds is 5. The summed E-state index contributed by atoms with van der Waals surface area (Å²) < 4.78 is 27.0. The van der Waals surface area contributed by atoms with E-state index in [0.29, 0.717) is 30.9 Å². The molecular formula is C15H19N5O3S. The lowest BCUT2D eigenvalue weighted by Crippen LogP contribution is -2.31. The second-order valence-electron chi connectivity index (χ2n) is 5.67. The van der Waals surface area contributed by atoms with E-state index in [2.05, 4.69) is 20.5 Å². The molecule has 1 aliphatic heterocycles. The van der Waals surface area contributed by atoms with Crippen LogP contribution >= 0.6 is 0 Å². The zero-order valence-corrected chi connectivity index (χ0v) is 14.1. The van der Waals surface area contributed by atoms with Gasteiger partial charge in [0.25, 0.3) is 0 Å². The van der Waals surface area contributed by atoms with Crippen LogP contribution in [0.1, 0.15) is 37.2 Å². The number of aromatic nitrogens is 3. The molecule has 1 aliphatic rings. The number of carbonyl (C=O) groups is 1. The van der Waals surface area contributed by atoms with E-state index >= 15 is 0 Å². The van der Waals surface area contributed by atoms with Crippen LogP contribution in [0, 0.1) is 0 Å². The number of H-pyrrole nitrogens is 1. The summed E-state index contributed by atoms with van der Waals surface area (Å²) in [7, 11) is -3.60. The summed E-state index contributed by atoms with van der Waals surface area (Å²) in [5.41, 5.74) is 1.40. The summed E-state index contributed by atoms with van der Waals surface area (Å²) in [4.78, 5) is 15.7. The summed E-state index contributed by atoms with van der Waals surface area (Å²) in [6.45, 7) is 2.22. The molecule has 2 N–H and O–H groups in total. The van der Waals surface area contributed by atoms with Crippen LogP contribution in [-0.4, -0.2) is 40.4 Å². The fourth-order valence-corrected chi connectivity index (χ4v) is 4.41. The first kappa shape index (κ1) is 16.6. The molecule has 0 aliphatic carbocycles. The molecule has 24 heavy (non-hydrogen) atoms. The van der Waals surface area contributed by atoms with Crippen molar-refractivity contribution in [3.63, 3.8) is 0 Å². The van der Waals surface area contributed by atoms with Gasteiger partial charge in [0, 0.05) is 19.7 Å². The summed E-state index contributed by atoms with van der Waals surface area (Å²) >= 11 is 0. The summed E-state index contributed by atoms with van der Waals surface area (Å²) in [6, 6.07) is 5.16. The van der Waals surface area contributed by atoms with Crippen molar-refractivity contribution in [3.05, 3.63) is 42.0 Å². The van der Waals surface area contributed by atoms with E-state index in [9.17, 15) is 13.2 Å². The number of amides is 1. The molecule has 2 aromatic heterocycles. The molecule has 0 saturated carbocycles. The van der Waals surface area contributed by atoms with Crippen LogP contribution in [-0.2, 0) is 21.4 Å². The van der Waals surface area contributed by atoms with Crippen LogP contribution in [0.2, 0.25) is 0 Å². The minimum absolute atomic E-state index is 0.132. The lowest BCUT2D eigenvalue weighted by molar-refractivity contribution is -0.119. The molecule has 0 unspecified atom stereocenters. The van der Waals surface area contributed by atoms with Crippen molar-refractivity contribution in [3.8, 4) is 0 Å². The van der Waals surface area contributed by atoms with Gasteiger partial charge >= 0.3 is 0 Å². The van der Waals surface area contributed by atoms with Gasteiger partial charge in [0.1, 0.15) is 4.90 Å². The number of aromatic amines is 1. The molecule has 1 fully saturated rings. The van der Waals surface area contributed by atoms with Crippen LogP contribution in [0.25, 0.3) is 0 Å². The van der Waals surface area contributed by atoms with E-state index < -0.39 is 10.0 Å². The summed E-state index contributed by atoms with van der Waals surface area (Å²) in [6.07, 6.45) is 4.18. The quantitative estimate of drug-likeness (QED) is 0.836. The standard InChI is InChI=1S/C15H19N5O3S/c1-11(21)16-8-12-4-2-5-14(19-12)15-6-3-7-20(15)24(22,23)13-9-17-18-10-13/h2,4-5,9-10,15H,3,6-8H2,1H3,(H,16,21)(H,17,18)/t15-/m1/s1. The Kier molecular flexibility index (Phi) is 4.63. The number of nitrogens with zero attached hydrogens (tertiary/aromatic N) is 3. The first-order valence-electron chi connectivity index (χ1n) is 7.69. The number of nitrogens with one attached hydrogen (secondary N) is 2. The molecule has 1 amide bonds. The summed E-state index contributed by atoms with van der Waals surface area (Å²) in [5.74, 6) is -0.132. The van der Waals surface area contributed by atoms with Crippen molar-refractivity contribution in [2.75, 3.05) is 6.54 Å². The van der Waals surface area contributed by atoms with Crippen molar-refractivity contribution in [1.29, 1.82) is 0 Å². The Morgan fingerprint density at radius 3 is 3.00 bits per heavy atom. The van der Waals surface area contributed by atoms with Crippen molar-refractivity contribution < 1.29 is 13.2 Å². The Labute approximate surface area is 140 Å². The Hall–Kier alpha value is -2.26. The predicted octanol–water partition coefficient (Wildman–Crippen LogP) is 0.967. The Bertz CT molecular complexity index is 819. The fraction of sp³-hybridized carbons (Fsp3) is 0.400. The van der Waals surface area contributed by atoms with Crippen LogP contribution in [0.4, 0.5) is 0 Å². The van der Waals surface area contributed by atoms with E-state index in [1.807, 2.05) is 18.2 Å². The number of sulfonamides is 1. The second-order valence-corrected chi connectivity index (χ2v) is 7.56. The maximum absolute atomic E-state index is 12.8. The minimum Gasteiger partial charge on any atom is -0.351 e. The van der Waals surface area contributed by atoms with Gasteiger partial charge in [-0.05, 0) is 25.0 Å². The van der Waals surface area contributed by atoms with Gasteiger partial charge < -0.3 is 5.32 Å². The van der Waals surface area contributed by atoms with Gasteiger partial charge in [-0.3, -0.25) is 14.9 Å². The maximum atomic E-state index is 12.8. The molecule has 0 bridgehead atoms. The molecule has 8 nitrogen and oxygen atoms in total. The monoisotopic (exact) mass is 349 g/mol. The van der Waals surface area contributed by atoms with Crippen molar-refractivity contribution in [2.24, 2.45) is 0 Å². The number of hydrogen-bond acceptors (Lipinski definition) is 5. The Morgan fingerprint density at radius 2 is 2.29 bits per heavy atom. The van der Waals surface area contributed by atoms with E-state index in [1.165, 1.54) is 23.6 Å². The average molecular weight is 349 g/mol. The van der Waals surface area contributed by atoms with Crippen molar-refractivity contribution in [1.82, 2.24) is 24.8 Å². The van der Waals surface area contributed by atoms with Crippen LogP contribution < -0.4 is 5.32 Å². The van der Waals surface area contributed by atoms with Gasteiger partial charge in [-0.25, -0.2) is 8.42 Å². The average Bonchev–Trinajstić information content (AvgIpc) is 3.24. The molecule has 1 saturated heterocycles. The van der Waals surface area contributed by atoms with Crippen molar-refractivity contribution >= 4 is 15.9 Å². The molecule has 0 spiro atoms. The zero-order chi connectivity index (χ0) is 17.2.